The minimum Gasteiger partial charge on any atom is -0.492 e. The van der Waals surface area contributed by atoms with Crippen LogP contribution in [0.1, 0.15) is 24.5 Å². The number of amides is 1. The number of alkyl halides is 3. The van der Waals surface area contributed by atoms with E-state index in [1.54, 1.807) is 36.4 Å². The number of hydrogen-bond acceptors (Lipinski definition) is 7. The third-order valence-electron chi connectivity index (χ3n) is 5.13. The average molecular weight is 527 g/mol. The molecule has 0 aliphatic carbocycles. The zero-order chi connectivity index (χ0) is 26.1. The monoisotopic (exact) mass is 526 g/mol. The molecule has 0 aliphatic heterocycles. The Balaban J connectivity index is 1.43. The highest BCUT2D eigenvalue weighted by Gasteiger charge is 2.32. The van der Waals surface area contributed by atoms with Gasteiger partial charge in [-0.2, -0.15) is 13.2 Å². The smallest absolute Gasteiger partial charge is 0.406 e. The van der Waals surface area contributed by atoms with Crippen molar-refractivity contribution in [2.75, 3.05) is 32.8 Å². The van der Waals surface area contributed by atoms with Gasteiger partial charge in [0.15, 0.2) is 0 Å². The Morgan fingerprint density at radius 2 is 2.00 bits per heavy atom. The highest BCUT2D eigenvalue weighted by atomic mass is 35.5. The first-order valence-corrected chi connectivity index (χ1v) is 11.5. The van der Waals surface area contributed by atoms with Gasteiger partial charge in [-0.1, -0.05) is 17.7 Å². The predicted molar refractivity (Wildman–Crippen MR) is 127 cm³/mol. The van der Waals surface area contributed by atoms with Gasteiger partial charge in [0.1, 0.15) is 42.4 Å². The van der Waals surface area contributed by atoms with Gasteiger partial charge in [0, 0.05) is 37.0 Å². The summed E-state index contributed by atoms with van der Waals surface area (Å²) in [6, 6.07) is 10.3. The summed E-state index contributed by atoms with van der Waals surface area (Å²) < 4.78 is 48.8. The number of likely N-dealkylation sites (N-methyl/N-ethyl adjacent to an activating group) is 1. The van der Waals surface area contributed by atoms with Gasteiger partial charge in [-0.15, -0.1) is 0 Å². The van der Waals surface area contributed by atoms with E-state index in [4.69, 9.17) is 20.8 Å². The third-order valence-corrected chi connectivity index (χ3v) is 5.35. The molecule has 8 nitrogen and oxygen atoms in total. The Labute approximate surface area is 211 Å². The molecule has 0 fully saturated rings. The minimum absolute atomic E-state index is 0.0404. The lowest BCUT2D eigenvalue weighted by molar-refractivity contribution is -0.160. The zero-order valence-electron chi connectivity index (χ0n) is 19.5. The largest absolute Gasteiger partial charge is 0.492 e. The van der Waals surface area contributed by atoms with Gasteiger partial charge in [0.25, 0.3) is 0 Å². The Bertz CT molecular complexity index is 1110. The van der Waals surface area contributed by atoms with Gasteiger partial charge < -0.3 is 24.5 Å². The number of aliphatic hydroxyl groups excluding tert-OH is 1. The Morgan fingerprint density at radius 1 is 1.25 bits per heavy atom. The number of benzene rings is 1. The highest BCUT2D eigenvalue weighted by Crippen LogP contribution is 2.23. The van der Waals surface area contributed by atoms with Crippen LogP contribution in [0.5, 0.6) is 5.75 Å². The molecule has 12 heteroatoms. The van der Waals surface area contributed by atoms with Crippen LogP contribution in [0.25, 0.3) is 11.3 Å². The lowest BCUT2D eigenvalue weighted by Gasteiger charge is -2.21. The van der Waals surface area contributed by atoms with Crippen LogP contribution in [-0.4, -0.2) is 64.8 Å². The molecular weight excluding hydrogens is 501 g/mol. The van der Waals surface area contributed by atoms with Crippen LogP contribution >= 0.6 is 11.6 Å². The number of aliphatic hydroxyl groups is 1. The molecule has 3 rings (SSSR count). The van der Waals surface area contributed by atoms with Crippen LogP contribution in [0, 0.1) is 0 Å². The van der Waals surface area contributed by atoms with Crippen LogP contribution in [0.3, 0.4) is 0 Å². The van der Waals surface area contributed by atoms with Gasteiger partial charge >= 0.3 is 6.18 Å². The summed E-state index contributed by atoms with van der Waals surface area (Å²) in [6.07, 6.45) is -2.67. The summed E-state index contributed by atoms with van der Waals surface area (Å²) in [5.74, 6) is -0.0517. The SMILES string of the molecule is CCN(CC(F)(F)F)C(=O)Cc1nc(-c2ccc(OCCNCC(O)c3ccc(Cl)nc3)cc2)co1. The molecule has 0 aliphatic rings. The normalized spacial score (nSPS) is 12.4. The lowest BCUT2D eigenvalue weighted by atomic mass is 10.1. The number of rotatable bonds is 12. The number of nitrogens with zero attached hydrogens (tertiary/aromatic N) is 3. The minimum atomic E-state index is -4.47. The second-order valence-electron chi connectivity index (χ2n) is 7.83. The maximum Gasteiger partial charge on any atom is 0.406 e. The fourth-order valence-corrected chi connectivity index (χ4v) is 3.37. The van der Waals surface area contributed by atoms with Gasteiger partial charge in [-0.25, -0.2) is 9.97 Å². The van der Waals surface area contributed by atoms with E-state index in [0.717, 1.165) is 0 Å². The fraction of sp³-hybridized carbons (Fsp3) is 0.375. The molecule has 3 aromatic rings. The molecule has 2 N–H and O–H groups in total. The number of halogens is 4. The van der Waals surface area contributed by atoms with Crippen molar-refractivity contribution < 1.29 is 32.2 Å². The highest BCUT2D eigenvalue weighted by molar-refractivity contribution is 6.29. The molecule has 1 atom stereocenters. The van der Waals surface area contributed by atoms with Gasteiger partial charge in [0.05, 0.1) is 6.10 Å². The van der Waals surface area contributed by atoms with Crippen LogP contribution < -0.4 is 10.1 Å². The van der Waals surface area contributed by atoms with Crippen molar-refractivity contribution in [2.45, 2.75) is 25.6 Å². The van der Waals surface area contributed by atoms with Gasteiger partial charge in [0.2, 0.25) is 11.8 Å². The Hall–Kier alpha value is -3.15. The van der Waals surface area contributed by atoms with Crippen LogP contribution in [0.15, 0.2) is 53.3 Å². The van der Waals surface area contributed by atoms with Crippen molar-refractivity contribution in [3.8, 4) is 17.0 Å². The quantitative estimate of drug-likeness (QED) is 0.271. The maximum atomic E-state index is 12.6. The maximum absolute atomic E-state index is 12.6. The van der Waals surface area contributed by atoms with E-state index in [1.807, 2.05) is 0 Å². The second-order valence-corrected chi connectivity index (χ2v) is 8.22. The lowest BCUT2D eigenvalue weighted by Crippen LogP contribution is -2.39. The van der Waals surface area contributed by atoms with Crippen molar-refractivity contribution in [3.63, 3.8) is 0 Å². The van der Waals surface area contributed by atoms with E-state index in [9.17, 15) is 23.1 Å². The van der Waals surface area contributed by atoms with Crippen LogP contribution in [-0.2, 0) is 11.2 Å². The van der Waals surface area contributed by atoms with E-state index in [0.29, 0.717) is 52.3 Å². The van der Waals surface area contributed by atoms with Crippen molar-refractivity contribution in [3.05, 3.63) is 65.5 Å². The first-order valence-electron chi connectivity index (χ1n) is 11.2. The standard InChI is InChI=1S/C24H26ClF3N4O4/c1-2-32(15-24(26,27)28)23(34)11-22-31-19(14-36-22)16-3-6-18(7-4-16)35-10-9-29-13-20(33)17-5-8-21(25)30-12-17/h3-8,12,14,20,29,33H,2,9-11,13,15H2,1H3. The summed E-state index contributed by atoms with van der Waals surface area (Å²) >= 11 is 5.74. The topological polar surface area (TPSA) is 101 Å². The van der Waals surface area contributed by atoms with Crippen molar-refractivity contribution in [1.29, 1.82) is 0 Å². The molecule has 0 radical (unpaired) electrons. The van der Waals surface area contributed by atoms with Crippen molar-refractivity contribution >= 4 is 17.5 Å². The molecule has 1 amide bonds. The number of hydrogen-bond donors (Lipinski definition) is 2. The van der Waals surface area contributed by atoms with Gasteiger partial charge in [-0.3, -0.25) is 4.79 Å². The molecule has 0 bridgehead atoms. The number of pyridine rings is 1. The summed E-state index contributed by atoms with van der Waals surface area (Å²) in [5.41, 5.74) is 1.81. The molecule has 2 aromatic heterocycles. The molecule has 194 valence electrons. The summed E-state index contributed by atoms with van der Waals surface area (Å²) in [5, 5.41) is 13.6. The number of aromatic nitrogens is 2. The second kappa shape index (κ2) is 12.7. The van der Waals surface area contributed by atoms with E-state index in [-0.39, 0.29) is 18.9 Å². The molecule has 0 saturated carbocycles. The third kappa shape index (κ3) is 8.51. The number of carbonyl (C=O) groups is 1. The fourth-order valence-electron chi connectivity index (χ4n) is 3.26. The van der Waals surface area contributed by atoms with Crippen LogP contribution in [0.2, 0.25) is 5.15 Å². The Morgan fingerprint density at radius 3 is 2.64 bits per heavy atom. The van der Waals surface area contributed by atoms with Crippen LogP contribution in [0.4, 0.5) is 13.2 Å². The zero-order valence-corrected chi connectivity index (χ0v) is 20.2. The molecule has 1 unspecified atom stereocenters. The summed E-state index contributed by atoms with van der Waals surface area (Å²) in [4.78, 5) is 21.0. The van der Waals surface area contributed by atoms with Crippen molar-refractivity contribution in [2.24, 2.45) is 0 Å². The van der Waals surface area contributed by atoms with E-state index >= 15 is 0 Å². The molecule has 1 aromatic carbocycles. The molecule has 0 spiro atoms. The van der Waals surface area contributed by atoms with E-state index in [2.05, 4.69) is 15.3 Å². The van der Waals surface area contributed by atoms with Crippen molar-refractivity contribution in [1.82, 2.24) is 20.2 Å². The molecule has 36 heavy (non-hydrogen) atoms. The number of oxazole rings is 1. The number of nitrogens with one attached hydrogen (secondary N) is 1. The van der Waals surface area contributed by atoms with E-state index in [1.165, 1.54) is 19.4 Å². The van der Waals surface area contributed by atoms with Gasteiger partial charge in [-0.05, 0) is 37.3 Å². The number of ether oxygens (including phenoxy) is 1. The average Bonchev–Trinajstić information content (AvgIpc) is 3.30. The van der Waals surface area contributed by atoms with E-state index < -0.39 is 24.7 Å². The molecule has 0 saturated heterocycles. The first kappa shape index (κ1) is 27.4. The molecular formula is C24H26ClF3N4O4. The first-order chi connectivity index (χ1) is 17.1. The Kier molecular flexibility index (Phi) is 9.68. The number of carbonyl (C=O) groups excluding carboxylic acids is 1. The predicted octanol–water partition coefficient (Wildman–Crippen LogP) is 4.05. The summed E-state index contributed by atoms with van der Waals surface area (Å²) in [7, 11) is 0. The molecule has 2 heterocycles. The summed E-state index contributed by atoms with van der Waals surface area (Å²) in [6.45, 7) is 1.30.